The molecule has 2 aromatic carbocycles. The number of hydrogen-bond donors (Lipinski definition) is 2. The highest BCUT2D eigenvalue weighted by Gasteiger charge is 2.15. The molecule has 5 nitrogen and oxygen atoms in total. The molecule has 0 saturated carbocycles. The van der Waals surface area contributed by atoms with Crippen molar-refractivity contribution in [1.29, 1.82) is 0 Å². The van der Waals surface area contributed by atoms with Crippen LogP contribution in [0.3, 0.4) is 0 Å². The molecule has 0 radical (unpaired) electrons. The van der Waals surface area contributed by atoms with Crippen LogP contribution in [-0.2, 0) is 6.54 Å². The van der Waals surface area contributed by atoms with Gasteiger partial charge in [0.15, 0.2) is 0 Å². The van der Waals surface area contributed by atoms with E-state index < -0.39 is 6.10 Å². The van der Waals surface area contributed by atoms with E-state index in [2.05, 4.69) is 5.32 Å². The predicted octanol–water partition coefficient (Wildman–Crippen LogP) is 3.22. The SMILES string of the molecule is COc1ccc(C(O)CN(C)C(=O)NCc2cccc(Cl)c2)cc1. The van der Waals surface area contributed by atoms with Crippen molar-refractivity contribution < 1.29 is 14.6 Å². The van der Waals surface area contributed by atoms with E-state index in [1.54, 1.807) is 50.6 Å². The van der Waals surface area contributed by atoms with Crippen molar-refractivity contribution in [2.24, 2.45) is 0 Å². The van der Waals surface area contributed by atoms with Gasteiger partial charge in [0.2, 0.25) is 0 Å². The van der Waals surface area contributed by atoms with Crippen molar-refractivity contribution in [1.82, 2.24) is 10.2 Å². The summed E-state index contributed by atoms with van der Waals surface area (Å²) in [5.74, 6) is 0.721. The summed E-state index contributed by atoms with van der Waals surface area (Å²) in [4.78, 5) is 13.6. The van der Waals surface area contributed by atoms with Gasteiger partial charge in [0, 0.05) is 18.6 Å². The molecular weight excluding hydrogens is 328 g/mol. The van der Waals surface area contributed by atoms with Crippen LogP contribution >= 0.6 is 11.6 Å². The molecule has 0 bridgehead atoms. The highest BCUT2D eigenvalue weighted by Crippen LogP contribution is 2.18. The summed E-state index contributed by atoms with van der Waals surface area (Å²) in [5, 5.41) is 13.7. The minimum Gasteiger partial charge on any atom is -0.497 e. The molecule has 2 rings (SSSR count). The van der Waals surface area contributed by atoms with Crippen molar-refractivity contribution in [3.63, 3.8) is 0 Å². The molecule has 1 atom stereocenters. The number of aliphatic hydroxyl groups excluding tert-OH is 1. The average Bonchev–Trinajstić information content (AvgIpc) is 2.59. The smallest absolute Gasteiger partial charge is 0.317 e. The molecule has 0 aromatic heterocycles. The zero-order valence-corrected chi connectivity index (χ0v) is 14.5. The fourth-order valence-corrected chi connectivity index (χ4v) is 2.45. The number of carbonyl (C=O) groups is 1. The first-order valence-corrected chi connectivity index (χ1v) is 7.93. The molecule has 2 N–H and O–H groups in total. The predicted molar refractivity (Wildman–Crippen MR) is 94.3 cm³/mol. The second kappa shape index (κ2) is 8.57. The second-order valence-corrected chi connectivity index (χ2v) is 5.89. The van der Waals surface area contributed by atoms with Gasteiger partial charge in [-0.15, -0.1) is 0 Å². The fourth-order valence-electron chi connectivity index (χ4n) is 2.23. The first-order valence-electron chi connectivity index (χ1n) is 7.55. The van der Waals surface area contributed by atoms with Crippen LogP contribution in [0, 0.1) is 0 Å². The summed E-state index contributed by atoms with van der Waals surface area (Å²) in [6, 6.07) is 14.2. The Kier molecular flexibility index (Phi) is 6.46. The van der Waals surface area contributed by atoms with Gasteiger partial charge in [0.05, 0.1) is 19.8 Å². The molecule has 24 heavy (non-hydrogen) atoms. The van der Waals surface area contributed by atoms with Crippen molar-refractivity contribution >= 4 is 17.6 Å². The van der Waals surface area contributed by atoms with Gasteiger partial charge in [-0.1, -0.05) is 35.9 Å². The summed E-state index contributed by atoms with van der Waals surface area (Å²) in [6.07, 6.45) is -0.766. The number of ether oxygens (including phenoxy) is 1. The van der Waals surface area contributed by atoms with E-state index in [0.717, 1.165) is 16.9 Å². The van der Waals surface area contributed by atoms with Gasteiger partial charge in [0.25, 0.3) is 0 Å². The number of halogens is 1. The number of nitrogens with one attached hydrogen (secondary N) is 1. The topological polar surface area (TPSA) is 61.8 Å². The molecule has 6 heteroatoms. The summed E-state index contributed by atoms with van der Waals surface area (Å²) in [7, 11) is 3.23. The molecule has 2 amide bonds. The third-order valence-corrected chi connectivity index (χ3v) is 3.86. The van der Waals surface area contributed by atoms with Crippen molar-refractivity contribution in [3.05, 3.63) is 64.7 Å². The van der Waals surface area contributed by atoms with E-state index in [0.29, 0.717) is 11.6 Å². The lowest BCUT2D eigenvalue weighted by molar-refractivity contribution is 0.131. The fraction of sp³-hybridized carbons (Fsp3) is 0.278. The molecule has 0 heterocycles. The highest BCUT2D eigenvalue weighted by molar-refractivity contribution is 6.30. The van der Waals surface area contributed by atoms with Crippen LogP contribution in [0.4, 0.5) is 4.79 Å². The molecular formula is C18H21ClN2O3. The number of benzene rings is 2. The number of nitrogens with zero attached hydrogens (tertiary/aromatic N) is 1. The van der Waals surface area contributed by atoms with E-state index >= 15 is 0 Å². The van der Waals surface area contributed by atoms with Crippen LogP contribution in [0.25, 0.3) is 0 Å². The number of carbonyl (C=O) groups excluding carboxylic acids is 1. The van der Waals surface area contributed by atoms with Crippen molar-refractivity contribution in [2.45, 2.75) is 12.6 Å². The quantitative estimate of drug-likeness (QED) is 0.842. The molecule has 0 aliphatic rings. The van der Waals surface area contributed by atoms with Crippen LogP contribution in [0.2, 0.25) is 5.02 Å². The lowest BCUT2D eigenvalue weighted by Crippen LogP contribution is -2.39. The highest BCUT2D eigenvalue weighted by atomic mass is 35.5. The lowest BCUT2D eigenvalue weighted by atomic mass is 10.1. The van der Waals surface area contributed by atoms with Crippen LogP contribution in [0.15, 0.2) is 48.5 Å². The van der Waals surface area contributed by atoms with Gasteiger partial charge in [-0.2, -0.15) is 0 Å². The molecule has 128 valence electrons. The third kappa shape index (κ3) is 5.15. The number of urea groups is 1. The van der Waals surface area contributed by atoms with Crippen LogP contribution < -0.4 is 10.1 Å². The van der Waals surface area contributed by atoms with Gasteiger partial charge in [-0.3, -0.25) is 0 Å². The Morgan fingerprint density at radius 3 is 2.62 bits per heavy atom. The molecule has 0 aliphatic heterocycles. The molecule has 0 saturated heterocycles. The molecule has 0 spiro atoms. The number of amides is 2. The second-order valence-electron chi connectivity index (χ2n) is 5.46. The van der Waals surface area contributed by atoms with Gasteiger partial charge < -0.3 is 20.1 Å². The summed E-state index contributed by atoms with van der Waals surface area (Å²) >= 11 is 5.92. The van der Waals surface area contributed by atoms with Crippen LogP contribution in [-0.4, -0.2) is 36.7 Å². The molecule has 0 fully saturated rings. The summed E-state index contributed by atoms with van der Waals surface area (Å²) in [6.45, 7) is 0.566. The minimum atomic E-state index is -0.766. The Morgan fingerprint density at radius 1 is 1.29 bits per heavy atom. The van der Waals surface area contributed by atoms with E-state index in [9.17, 15) is 9.90 Å². The maximum atomic E-state index is 12.1. The maximum Gasteiger partial charge on any atom is 0.317 e. The summed E-state index contributed by atoms with van der Waals surface area (Å²) < 4.78 is 5.09. The number of methoxy groups -OCH3 is 1. The zero-order valence-electron chi connectivity index (χ0n) is 13.7. The third-order valence-electron chi connectivity index (χ3n) is 3.63. The Bertz CT molecular complexity index is 676. The molecule has 2 aromatic rings. The zero-order chi connectivity index (χ0) is 17.5. The van der Waals surface area contributed by atoms with Gasteiger partial charge in [-0.05, 0) is 35.4 Å². The van der Waals surface area contributed by atoms with E-state index in [1.807, 2.05) is 12.1 Å². The Hall–Kier alpha value is -2.24. The van der Waals surface area contributed by atoms with Gasteiger partial charge >= 0.3 is 6.03 Å². The standard InChI is InChI=1S/C18H21ClN2O3/c1-21(12-17(22)14-6-8-16(24-2)9-7-14)18(23)20-11-13-4-3-5-15(19)10-13/h3-10,17,22H,11-12H2,1-2H3,(H,20,23). The number of rotatable bonds is 6. The van der Waals surface area contributed by atoms with Gasteiger partial charge in [0.1, 0.15) is 5.75 Å². The number of hydrogen-bond acceptors (Lipinski definition) is 3. The van der Waals surface area contributed by atoms with Crippen LogP contribution in [0.1, 0.15) is 17.2 Å². The lowest BCUT2D eigenvalue weighted by Gasteiger charge is -2.21. The molecule has 0 aliphatic carbocycles. The number of likely N-dealkylation sites (N-methyl/N-ethyl adjacent to an activating group) is 1. The largest absolute Gasteiger partial charge is 0.497 e. The van der Waals surface area contributed by atoms with E-state index in [1.165, 1.54) is 4.90 Å². The molecule has 1 unspecified atom stereocenters. The maximum absolute atomic E-state index is 12.1. The first kappa shape index (κ1) is 18.1. The normalized spacial score (nSPS) is 11.7. The van der Waals surface area contributed by atoms with E-state index in [-0.39, 0.29) is 12.6 Å². The minimum absolute atomic E-state index is 0.188. The van der Waals surface area contributed by atoms with Crippen molar-refractivity contribution in [3.8, 4) is 5.75 Å². The van der Waals surface area contributed by atoms with E-state index in [4.69, 9.17) is 16.3 Å². The average molecular weight is 349 g/mol. The Labute approximate surface area is 146 Å². The monoisotopic (exact) mass is 348 g/mol. The van der Waals surface area contributed by atoms with Crippen molar-refractivity contribution in [2.75, 3.05) is 20.7 Å². The Balaban J connectivity index is 1.85. The Morgan fingerprint density at radius 2 is 2.00 bits per heavy atom. The van der Waals surface area contributed by atoms with Crippen LogP contribution in [0.5, 0.6) is 5.75 Å². The summed E-state index contributed by atoms with van der Waals surface area (Å²) in [5.41, 5.74) is 1.64. The first-order chi connectivity index (χ1) is 11.5. The van der Waals surface area contributed by atoms with Gasteiger partial charge in [-0.25, -0.2) is 4.79 Å². The number of aliphatic hydroxyl groups is 1.